The molecule has 25 heavy (non-hydrogen) atoms. The van der Waals surface area contributed by atoms with E-state index >= 15 is 0 Å². The molecule has 0 N–H and O–H groups in total. The van der Waals surface area contributed by atoms with E-state index in [1.165, 1.54) is 4.90 Å². The van der Waals surface area contributed by atoms with E-state index in [1.807, 2.05) is 36.4 Å². The van der Waals surface area contributed by atoms with E-state index in [0.717, 1.165) is 10.5 Å². The summed E-state index contributed by atoms with van der Waals surface area (Å²) < 4.78 is 38.5. The molecular formula is C18H21F3N2O2. The van der Waals surface area contributed by atoms with Crippen LogP contribution >= 0.6 is 0 Å². The van der Waals surface area contributed by atoms with Gasteiger partial charge in [-0.25, -0.2) is 0 Å². The van der Waals surface area contributed by atoms with Crippen molar-refractivity contribution in [3.05, 3.63) is 42.0 Å². The molecule has 2 amide bonds. The topological polar surface area (TPSA) is 40.6 Å². The summed E-state index contributed by atoms with van der Waals surface area (Å²) >= 11 is 0. The van der Waals surface area contributed by atoms with Gasteiger partial charge in [-0.15, -0.1) is 0 Å². The molecule has 4 nitrogen and oxygen atoms in total. The Morgan fingerprint density at radius 2 is 2.00 bits per heavy atom. The summed E-state index contributed by atoms with van der Waals surface area (Å²) in [7, 11) is 1.56. The van der Waals surface area contributed by atoms with Gasteiger partial charge in [0.05, 0.1) is 6.54 Å². The van der Waals surface area contributed by atoms with Crippen LogP contribution in [-0.4, -0.2) is 54.5 Å². The molecule has 0 aromatic heterocycles. The van der Waals surface area contributed by atoms with Crippen molar-refractivity contribution in [1.29, 1.82) is 0 Å². The average Bonchev–Trinajstić information content (AvgIpc) is 2.56. The zero-order chi connectivity index (χ0) is 18.4. The molecular weight excluding hydrogens is 333 g/mol. The molecule has 2 rings (SSSR count). The summed E-state index contributed by atoms with van der Waals surface area (Å²) in [6.07, 6.45) is -0.855. The Bertz CT molecular complexity index is 629. The fourth-order valence-corrected chi connectivity index (χ4v) is 2.70. The minimum atomic E-state index is -4.55. The van der Waals surface area contributed by atoms with Crippen molar-refractivity contribution in [2.75, 3.05) is 26.7 Å². The number of hydrogen-bond donors (Lipinski definition) is 0. The summed E-state index contributed by atoms with van der Waals surface area (Å²) in [5.74, 6) is -3.37. The first-order valence-electron chi connectivity index (χ1n) is 8.10. The minimum absolute atomic E-state index is 0.185. The Kier molecular flexibility index (Phi) is 6.22. The number of rotatable bonds is 5. The number of piperidine rings is 1. The monoisotopic (exact) mass is 354 g/mol. The molecule has 1 aromatic carbocycles. The maximum atomic E-state index is 12.8. The second-order valence-electron chi connectivity index (χ2n) is 6.08. The van der Waals surface area contributed by atoms with Gasteiger partial charge in [0.2, 0.25) is 11.8 Å². The summed E-state index contributed by atoms with van der Waals surface area (Å²) in [4.78, 5) is 26.5. The van der Waals surface area contributed by atoms with Gasteiger partial charge in [-0.05, 0) is 18.4 Å². The highest BCUT2D eigenvalue weighted by Gasteiger charge is 2.48. The molecule has 1 fully saturated rings. The first kappa shape index (κ1) is 19.0. The van der Waals surface area contributed by atoms with E-state index in [2.05, 4.69) is 0 Å². The van der Waals surface area contributed by atoms with Crippen LogP contribution in [0.5, 0.6) is 0 Å². The van der Waals surface area contributed by atoms with Gasteiger partial charge in [-0.3, -0.25) is 9.59 Å². The van der Waals surface area contributed by atoms with Crippen LogP contribution in [0.2, 0.25) is 0 Å². The van der Waals surface area contributed by atoms with Gasteiger partial charge in [-0.2, -0.15) is 13.2 Å². The van der Waals surface area contributed by atoms with Crippen LogP contribution in [0.25, 0.3) is 6.08 Å². The molecule has 7 heteroatoms. The van der Waals surface area contributed by atoms with Crippen LogP contribution < -0.4 is 0 Å². The van der Waals surface area contributed by atoms with Crippen LogP contribution in [0.4, 0.5) is 13.2 Å². The quantitative estimate of drug-likeness (QED) is 0.816. The number of alkyl halides is 3. The van der Waals surface area contributed by atoms with Crippen molar-refractivity contribution in [2.45, 2.75) is 19.0 Å². The van der Waals surface area contributed by atoms with Gasteiger partial charge in [0.1, 0.15) is 5.92 Å². The molecule has 1 aliphatic rings. The van der Waals surface area contributed by atoms with Crippen LogP contribution in [0, 0.1) is 5.92 Å². The first-order chi connectivity index (χ1) is 11.8. The lowest BCUT2D eigenvalue weighted by molar-refractivity contribution is -0.195. The van der Waals surface area contributed by atoms with E-state index < -0.39 is 18.0 Å². The predicted octanol–water partition coefficient (Wildman–Crippen LogP) is 2.96. The highest BCUT2D eigenvalue weighted by Crippen LogP contribution is 2.33. The van der Waals surface area contributed by atoms with Crippen molar-refractivity contribution in [2.24, 2.45) is 5.92 Å². The van der Waals surface area contributed by atoms with Gasteiger partial charge in [0, 0.05) is 20.1 Å². The van der Waals surface area contributed by atoms with E-state index in [1.54, 1.807) is 13.1 Å². The average molecular weight is 354 g/mol. The molecule has 1 atom stereocenters. The Hall–Kier alpha value is -2.31. The van der Waals surface area contributed by atoms with Crippen LogP contribution in [0.15, 0.2) is 36.4 Å². The molecule has 1 saturated heterocycles. The number of likely N-dealkylation sites (N-methyl/N-ethyl adjacent to an activating group) is 1. The summed E-state index contributed by atoms with van der Waals surface area (Å²) in [6, 6.07) is 9.53. The van der Waals surface area contributed by atoms with Crippen LogP contribution in [0.3, 0.4) is 0 Å². The first-order valence-corrected chi connectivity index (χ1v) is 8.10. The van der Waals surface area contributed by atoms with E-state index in [9.17, 15) is 22.8 Å². The maximum Gasteiger partial charge on any atom is 0.400 e. The van der Waals surface area contributed by atoms with Crippen molar-refractivity contribution < 1.29 is 22.8 Å². The molecule has 0 radical (unpaired) electrons. The second-order valence-corrected chi connectivity index (χ2v) is 6.08. The summed E-state index contributed by atoms with van der Waals surface area (Å²) in [5.41, 5.74) is 0.988. The Morgan fingerprint density at radius 3 is 2.64 bits per heavy atom. The fraction of sp³-hybridized carbons (Fsp3) is 0.444. The molecule has 1 aliphatic heterocycles. The number of carbonyl (C=O) groups is 2. The number of amides is 2. The summed E-state index contributed by atoms with van der Waals surface area (Å²) in [5, 5.41) is 0. The molecule has 0 bridgehead atoms. The third kappa shape index (κ3) is 5.34. The van der Waals surface area contributed by atoms with Crippen molar-refractivity contribution in [3.63, 3.8) is 0 Å². The lowest BCUT2D eigenvalue weighted by atomic mass is 9.96. The lowest BCUT2D eigenvalue weighted by Gasteiger charge is -2.33. The molecule has 1 unspecified atom stereocenters. The molecule has 0 spiro atoms. The number of carbonyl (C=O) groups excluding carboxylic acids is 2. The van der Waals surface area contributed by atoms with Crippen molar-refractivity contribution >= 4 is 17.9 Å². The minimum Gasteiger partial charge on any atom is -0.340 e. The van der Waals surface area contributed by atoms with Crippen molar-refractivity contribution in [3.8, 4) is 0 Å². The number of halogens is 3. The van der Waals surface area contributed by atoms with Gasteiger partial charge in [0.25, 0.3) is 0 Å². The SMILES string of the molecule is CN(C/C=C/c1ccccc1)C(=O)CN1CCCC(C(F)(F)F)C1=O. The zero-order valence-corrected chi connectivity index (χ0v) is 14.0. The van der Waals surface area contributed by atoms with Crippen molar-refractivity contribution in [1.82, 2.24) is 9.80 Å². The van der Waals surface area contributed by atoms with Gasteiger partial charge in [-0.1, -0.05) is 42.5 Å². The maximum absolute atomic E-state index is 12.8. The molecule has 1 aromatic rings. The predicted molar refractivity (Wildman–Crippen MR) is 88.5 cm³/mol. The normalized spacial score (nSPS) is 18.6. The third-order valence-corrected chi connectivity index (χ3v) is 4.17. The lowest BCUT2D eigenvalue weighted by Crippen LogP contribution is -2.50. The second kappa shape index (κ2) is 8.18. The fourth-order valence-electron chi connectivity index (χ4n) is 2.70. The Labute approximate surface area is 144 Å². The van der Waals surface area contributed by atoms with E-state index in [0.29, 0.717) is 6.54 Å². The Balaban J connectivity index is 1.88. The summed E-state index contributed by atoms with van der Waals surface area (Å²) in [6.45, 7) is 0.185. The Morgan fingerprint density at radius 1 is 1.32 bits per heavy atom. The van der Waals surface area contributed by atoms with Gasteiger partial charge in [0.15, 0.2) is 0 Å². The van der Waals surface area contributed by atoms with Crippen LogP contribution in [0.1, 0.15) is 18.4 Å². The highest BCUT2D eigenvalue weighted by molar-refractivity contribution is 5.86. The van der Waals surface area contributed by atoms with E-state index in [4.69, 9.17) is 0 Å². The van der Waals surface area contributed by atoms with Gasteiger partial charge < -0.3 is 9.80 Å². The van der Waals surface area contributed by atoms with E-state index in [-0.39, 0.29) is 31.8 Å². The van der Waals surface area contributed by atoms with Crippen LogP contribution in [-0.2, 0) is 9.59 Å². The highest BCUT2D eigenvalue weighted by atomic mass is 19.4. The molecule has 1 heterocycles. The number of nitrogens with zero attached hydrogens (tertiary/aromatic N) is 2. The smallest absolute Gasteiger partial charge is 0.340 e. The molecule has 0 saturated carbocycles. The molecule has 0 aliphatic carbocycles. The van der Waals surface area contributed by atoms with Gasteiger partial charge >= 0.3 is 6.18 Å². The largest absolute Gasteiger partial charge is 0.400 e. The number of likely N-dealkylation sites (tertiary alicyclic amines) is 1. The zero-order valence-electron chi connectivity index (χ0n) is 14.0. The molecule has 136 valence electrons. The number of benzene rings is 1. The number of hydrogen-bond acceptors (Lipinski definition) is 2. The standard InChI is InChI=1S/C18H21F3N2O2/c1-22(11-5-9-14-7-3-2-4-8-14)16(24)13-23-12-6-10-15(17(23)25)18(19,20)21/h2-5,7-9,15H,6,10-13H2,1H3/b9-5+. The third-order valence-electron chi connectivity index (χ3n) is 4.17.